The first-order valence-electron chi connectivity index (χ1n) is 6.10. The molecule has 3 nitrogen and oxygen atoms in total. The van der Waals surface area contributed by atoms with Crippen LogP contribution in [0.5, 0.6) is 0 Å². The number of hydrogen-bond acceptors (Lipinski definition) is 3. The van der Waals surface area contributed by atoms with E-state index in [0.29, 0.717) is 5.88 Å². The molecule has 0 saturated heterocycles. The Bertz CT molecular complexity index is 729. The highest BCUT2D eigenvalue weighted by atomic mass is 35.5. The maximum atomic E-state index is 6.03. The van der Waals surface area contributed by atoms with Crippen molar-refractivity contribution in [1.29, 1.82) is 0 Å². The van der Waals surface area contributed by atoms with Crippen molar-refractivity contribution in [3.05, 3.63) is 45.7 Å². The molecular weight excluding hydrogens is 278 g/mol. The molecule has 1 aromatic carbocycles. The highest BCUT2D eigenvalue weighted by Crippen LogP contribution is 2.22. The minimum atomic E-state index is 0.414. The molecule has 0 aliphatic rings. The summed E-state index contributed by atoms with van der Waals surface area (Å²) < 4.78 is 2.16. The first-order chi connectivity index (χ1) is 9.19. The normalized spacial score (nSPS) is 11.3. The molecule has 0 aliphatic carbocycles. The minimum Gasteiger partial charge on any atom is -0.321 e. The van der Waals surface area contributed by atoms with Crippen molar-refractivity contribution in [2.75, 3.05) is 0 Å². The summed E-state index contributed by atoms with van der Waals surface area (Å²) in [6.07, 6.45) is 0. The molecule has 0 amide bonds. The Morgan fingerprint density at radius 2 is 2.11 bits per heavy atom. The van der Waals surface area contributed by atoms with E-state index in [-0.39, 0.29) is 0 Å². The Morgan fingerprint density at radius 3 is 2.79 bits per heavy atom. The smallest absolute Gasteiger partial charge is 0.125 e. The van der Waals surface area contributed by atoms with Crippen LogP contribution < -0.4 is 0 Å². The molecule has 98 valence electrons. The summed E-state index contributed by atoms with van der Waals surface area (Å²) in [5, 5.41) is 3.18. The standard InChI is InChI=1S/C14H14ClN3S/c1-9-4-3-5-12-14(9)17-13(6-15)18(12)7-11-8-19-10(2)16-11/h3-5,8H,6-7H2,1-2H3. The molecule has 2 heterocycles. The summed E-state index contributed by atoms with van der Waals surface area (Å²) in [5.41, 5.74) is 4.40. The number of aryl methyl sites for hydroxylation is 2. The molecule has 0 saturated carbocycles. The molecular formula is C14H14ClN3S. The van der Waals surface area contributed by atoms with E-state index in [1.807, 2.05) is 6.92 Å². The van der Waals surface area contributed by atoms with E-state index in [4.69, 9.17) is 11.6 Å². The van der Waals surface area contributed by atoms with Crippen molar-refractivity contribution in [2.45, 2.75) is 26.3 Å². The van der Waals surface area contributed by atoms with Crippen molar-refractivity contribution in [3.8, 4) is 0 Å². The highest BCUT2D eigenvalue weighted by Gasteiger charge is 2.12. The topological polar surface area (TPSA) is 30.7 Å². The number of imidazole rings is 1. The van der Waals surface area contributed by atoms with Gasteiger partial charge in [0.1, 0.15) is 5.82 Å². The van der Waals surface area contributed by atoms with Crippen molar-refractivity contribution >= 4 is 34.0 Å². The van der Waals surface area contributed by atoms with Crippen molar-refractivity contribution < 1.29 is 0 Å². The minimum absolute atomic E-state index is 0.414. The molecule has 0 spiro atoms. The fourth-order valence-electron chi connectivity index (χ4n) is 2.26. The van der Waals surface area contributed by atoms with Gasteiger partial charge in [0.25, 0.3) is 0 Å². The molecule has 0 radical (unpaired) electrons. The summed E-state index contributed by atoms with van der Waals surface area (Å²) in [4.78, 5) is 9.16. The van der Waals surface area contributed by atoms with Gasteiger partial charge < -0.3 is 4.57 Å². The van der Waals surface area contributed by atoms with Crippen LogP contribution in [0.25, 0.3) is 11.0 Å². The van der Waals surface area contributed by atoms with Crippen LogP contribution in [0.2, 0.25) is 0 Å². The Labute approximate surface area is 120 Å². The van der Waals surface area contributed by atoms with E-state index < -0.39 is 0 Å². The van der Waals surface area contributed by atoms with E-state index in [1.54, 1.807) is 11.3 Å². The average Bonchev–Trinajstić information content (AvgIpc) is 2.96. The van der Waals surface area contributed by atoms with E-state index >= 15 is 0 Å². The molecule has 5 heteroatoms. The summed E-state index contributed by atoms with van der Waals surface area (Å²) in [6, 6.07) is 6.22. The Balaban J connectivity index is 2.13. The van der Waals surface area contributed by atoms with Crippen LogP contribution in [0.4, 0.5) is 0 Å². The molecule has 19 heavy (non-hydrogen) atoms. The van der Waals surface area contributed by atoms with Crippen LogP contribution in [0.15, 0.2) is 23.6 Å². The number of para-hydroxylation sites is 1. The molecule has 3 aromatic rings. The maximum Gasteiger partial charge on any atom is 0.125 e. The number of nitrogens with zero attached hydrogens (tertiary/aromatic N) is 3. The zero-order valence-electron chi connectivity index (χ0n) is 10.9. The van der Waals surface area contributed by atoms with Gasteiger partial charge in [0, 0.05) is 5.38 Å². The van der Waals surface area contributed by atoms with Gasteiger partial charge in [0.05, 0.1) is 34.2 Å². The third-order valence-electron chi connectivity index (χ3n) is 3.17. The lowest BCUT2D eigenvalue weighted by atomic mass is 10.2. The second-order valence-corrected chi connectivity index (χ2v) is 5.88. The van der Waals surface area contributed by atoms with Crippen molar-refractivity contribution in [3.63, 3.8) is 0 Å². The van der Waals surface area contributed by atoms with Crippen LogP contribution in [-0.2, 0) is 12.4 Å². The first-order valence-corrected chi connectivity index (χ1v) is 7.52. The fraction of sp³-hybridized carbons (Fsp3) is 0.286. The number of hydrogen-bond donors (Lipinski definition) is 0. The van der Waals surface area contributed by atoms with Crippen LogP contribution in [0.1, 0.15) is 22.1 Å². The van der Waals surface area contributed by atoms with Gasteiger partial charge in [-0.1, -0.05) is 12.1 Å². The summed E-state index contributed by atoms with van der Waals surface area (Å²) in [7, 11) is 0. The largest absolute Gasteiger partial charge is 0.321 e. The third kappa shape index (κ3) is 2.26. The number of thiazole rings is 1. The average molecular weight is 292 g/mol. The maximum absolute atomic E-state index is 6.03. The van der Waals surface area contributed by atoms with Gasteiger partial charge in [-0.05, 0) is 25.5 Å². The molecule has 0 fully saturated rings. The van der Waals surface area contributed by atoms with E-state index in [9.17, 15) is 0 Å². The fourth-order valence-corrected chi connectivity index (χ4v) is 3.06. The lowest BCUT2D eigenvalue weighted by Gasteiger charge is -2.05. The van der Waals surface area contributed by atoms with Gasteiger partial charge in [-0.15, -0.1) is 22.9 Å². The SMILES string of the molecule is Cc1nc(Cn2c(CCl)nc3c(C)cccc32)cs1. The summed E-state index contributed by atoms with van der Waals surface area (Å²) in [6.45, 7) is 4.82. The molecule has 0 N–H and O–H groups in total. The van der Waals surface area contributed by atoms with E-state index in [2.05, 4.69) is 45.0 Å². The van der Waals surface area contributed by atoms with Crippen molar-refractivity contribution in [1.82, 2.24) is 14.5 Å². The summed E-state index contributed by atoms with van der Waals surface area (Å²) in [5.74, 6) is 1.31. The quantitative estimate of drug-likeness (QED) is 0.685. The van der Waals surface area contributed by atoms with Gasteiger partial charge in [-0.2, -0.15) is 0 Å². The first kappa shape index (κ1) is 12.6. The number of benzene rings is 1. The monoisotopic (exact) mass is 291 g/mol. The van der Waals surface area contributed by atoms with Gasteiger partial charge >= 0.3 is 0 Å². The van der Waals surface area contributed by atoms with Crippen LogP contribution in [-0.4, -0.2) is 14.5 Å². The van der Waals surface area contributed by atoms with Gasteiger partial charge in [-0.25, -0.2) is 9.97 Å². The lowest BCUT2D eigenvalue weighted by Crippen LogP contribution is -2.04. The predicted molar refractivity (Wildman–Crippen MR) is 80.0 cm³/mol. The summed E-state index contributed by atoms with van der Waals surface area (Å²) >= 11 is 7.70. The molecule has 3 rings (SSSR count). The number of fused-ring (bicyclic) bond motifs is 1. The van der Waals surface area contributed by atoms with Crippen molar-refractivity contribution in [2.24, 2.45) is 0 Å². The predicted octanol–water partition coefficient (Wildman–Crippen LogP) is 3.90. The number of alkyl halides is 1. The Kier molecular flexibility index (Phi) is 3.29. The molecule has 0 atom stereocenters. The van der Waals surface area contributed by atoms with Crippen LogP contribution in [0.3, 0.4) is 0 Å². The number of aromatic nitrogens is 3. The molecule has 2 aromatic heterocycles. The second-order valence-electron chi connectivity index (χ2n) is 4.55. The molecule has 0 unspecified atom stereocenters. The molecule has 0 aliphatic heterocycles. The Hall–Kier alpha value is -1.39. The second kappa shape index (κ2) is 4.94. The van der Waals surface area contributed by atoms with E-state index in [1.165, 1.54) is 5.56 Å². The van der Waals surface area contributed by atoms with Crippen LogP contribution in [0, 0.1) is 13.8 Å². The van der Waals surface area contributed by atoms with Crippen LogP contribution >= 0.6 is 22.9 Å². The van der Waals surface area contributed by atoms with Gasteiger partial charge in [0.15, 0.2) is 0 Å². The Morgan fingerprint density at radius 1 is 1.26 bits per heavy atom. The number of rotatable bonds is 3. The lowest BCUT2D eigenvalue weighted by molar-refractivity contribution is 0.761. The number of halogens is 1. The third-order valence-corrected chi connectivity index (χ3v) is 4.23. The zero-order valence-corrected chi connectivity index (χ0v) is 12.4. The zero-order chi connectivity index (χ0) is 13.4. The van der Waals surface area contributed by atoms with E-state index in [0.717, 1.165) is 34.1 Å². The highest BCUT2D eigenvalue weighted by molar-refractivity contribution is 7.09. The molecule has 0 bridgehead atoms. The van der Waals surface area contributed by atoms with Gasteiger partial charge in [0.2, 0.25) is 0 Å². The van der Waals surface area contributed by atoms with Gasteiger partial charge in [-0.3, -0.25) is 0 Å².